The van der Waals surface area contributed by atoms with Crippen molar-refractivity contribution in [2.75, 3.05) is 6.54 Å². The lowest BCUT2D eigenvalue weighted by molar-refractivity contribution is -0.142. The molecule has 2 atom stereocenters. The van der Waals surface area contributed by atoms with E-state index in [4.69, 9.17) is 0 Å². The molecule has 0 aliphatic carbocycles. The quantitative estimate of drug-likeness (QED) is 0.872. The van der Waals surface area contributed by atoms with Gasteiger partial charge >= 0.3 is 5.97 Å². The van der Waals surface area contributed by atoms with E-state index in [1.165, 1.54) is 0 Å². The lowest BCUT2D eigenvalue weighted by Gasteiger charge is -2.34. The predicted molar refractivity (Wildman–Crippen MR) is 80.5 cm³/mol. The molecule has 1 fully saturated rings. The molecule has 1 aliphatic heterocycles. The normalized spacial score (nSPS) is 24.8. The number of halogens is 1. The van der Waals surface area contributed by atoms with E-state index < -0.39 is 22.0 Å². The summed E-state index contributed by atoms with van der Waals surface area (Å²) in [6, 6.07) is 0.617. The number of aryl methyl sites for hydroxylation is 1. The van der Waals surface area contributed by atoms with Gasteiger partial charge in [0.2, 0.25) is 0 Å². The van der Waals surface area contributed by atoms with Crippen LogP contribution in [0, 0.1) is 12.8 Å². The number of hydrogen-bond acceptors (Lipinski definition) is 4. The summed E-state index contributed by atoms with van der Waals surface area (Å²) in [5, 5.41) is 9.28. The van der Waals surface area contributed by atoms with Crippen LogP contribution < -0.4 is 0 Å². The van der Waals surface area contributed by atoms with Crippen LogP contribution in [-0.2, 0) is 14.8 Å². The van der Waals surface area contributed by atoms with Crippen LogP contribution in [0.1, 0.15) is 25.3 Å². The third-order valence-corrected chi connectivity index (χ3v) is 7.99. The predicted octanol–water partition coefficient (Wildman–Crippen LogP) is 2.69. The number of aliphatic carboxylic acids is 1. The Hall–Kier alpha value is -0.440. The Bertz CT molecular complexity index is 606. The maximum absolute atomic E-state index is 12.6. The van der Waals surface area contributed by atoms with Gasteiger partial charge in [0.25, 0.3) is 10.0 Å². The van der Waals surface area contributed by atoms with Gasteiger partial charge in [-0.2, -0.15) is 4.31 Å². The van der Waals surface area contributed by atoms with Crippen LogP contribution in [0.4, 0.5) is 0 Å². The number of rotatable bonds is 3. The Balaban J connectivity index is 2.39. The number of carboxylic acid groups (broad SMARTS) is 1. The topological polar surface area (TPSA) is 74.7 Å². The van der Waals surface area contributed by atoms with E-state index in [1.807, 2.05) is 13.8 Å². The van der Waals surface area contributed by atoms with E-state index in [2.05, 4.69) is 15.9 Å². The molecular weight excluding hydrogens is 366 g/mol. The first kappa shape index (κ1) is 15.9. The number of sulfonamides is 1. The maximum atomic E-state index is 12.6. The average molecular weight is 382 g/mol. The molecule has 2 heterocycles. The summed E-state index contributed by atoms with van der Waals surface area (Å²) in [6.45, 7) is 4.02. The number of carboxylic acids is 1. The van der Waals surface area contributed by atoms with E-state index in [-0.39, 0.29) is 16.7 Å². The first-order valence-corrected chi connectivity index (χ1v) is 9.29. The molecule has 8 heteroatoms. The summed E-state index contributed by atoms with van der Waals surface area (Å²) < 4.78 is 27.3. The fourth-order valence-corrected chi connectivity index (χ4v) is 6.27. The van der Waals surface area contributed by atoms with Gasteiger partial charge in [0.15, 0.2) is 0 Å². The Labute approximate surface area is 130 Å². The number of piperidine rings is 1. The largest absolute Gasteiger partial charge is 0.480 e. The molecule has 0 saturated carbocycles. The fraction of sp³-hybridized carbons (Fsp3) is 0.583. The van der Waals surface area contributed by atoms with Crippen LogP contribution in [-0.4, -0.2) is 36.4 Å². The molecule has 0 amide bonds. The average Bonchev–Trinajstić information content (AvgIpc) is 2.70. The standard InChI is InChI=1S/C12H16BrNO4S2/c1-7-3-4-14(9(5-7)12(15)16)20(17,18)10-6-8(2)11(13)19-10/h6-7,9H,3-5H2,1-2H3,(H,15,16). The molecule has 0 bridgehead atoms. The van der Waals surface area contributed by atoms with E-state index in [0.717, 1.165) is 25.0 Å². The van der Waals surface area contributed by atoms with Crippen molar-refractivity contribution in [3.05, 3.63) is 15.4 Å². The van der Waals surface area contributed by atoms with Gasteiger partial charge in [-0.15, -0.1) is 11.3 Å². The van der Waals surface area contributed by atoms with Gasteiger partial charge in [0.1, 0.15) is 10.3 Å². The van der Waals surface area contributed by atoms with Gasteiger partial charge < -0.3 is 5.11 Å². The highest BCUT2D eigenvalue weighted by atomic mass is 79.9. The molecule has 0 radical (unpaired) electrons. The first-order valence-electron chi connectivity index (χ1n) is 6.24. The van der Waals surface area contributed by atoms with Crippen molar-refractivity contribution in [2.45, 2.75) is 36.9 Å². The number of nitrogens with zero attached hydrogens (tertiary/aromatic N) is 1. The zero-order chi connectivity index (χ0) is 15.1. The van der Waals surface area contributed by atoms with Crippen molar-refractivity contribution in [1.82, 2.24) is 4.31 Å². The van der Waals surface area contributed by atoms with E-state index >= 15 is 0 Å². The number of hydrogen-bond donors (Lipinski definition) is 1. The maximum Gasteiger partial charge on any atom is 0.322 e. The van der Waals surface area contributed by atoms with Gasteiger partial charge in [-0.3, -0.25) is 4.79 Å². The van der Waals surface area contributed by atoms with Crippen molar-refractivity contribution in [2.24, 2.45) is 5.92 Å². The zero-order valence-corrected chi connectivity index (χ0v) is 14.4. The summed E-state index contributed by atoms with van der Waals surface area (Å²) in [5.74, 6) is -0.855. The minimum atomic E-state index is -3.74. The van der Waals surface area contributed by atoms with Crippen LogP contribution >= 0.6 is 27.3 Å². The first-order chi connectivity index (χ1) is 9.23. The van der Waals surface area contributed by atoms with Crippen molar-refractivity contribution < 1.29 is 18.3 Å². The van der Waals surface area contributed by atoms with Gasteiger partial charge in [0, 0.05) is 6.54 Å². The van der Waals surface area contributed by atoms with Crippen molar-refractivity contribution in [3.8, 4) is 0 Å². The zero-order valence-electron chi connectivity index (χ0n) is 11.2. The van der Waals surface area contributed by atoms with Gasteiger partial charge in [0.05, 0.1) is 3.79 Å². The van der Waals surface area contributed by atoms with Gasteiger partial charge in [-0.25, -0.2) is 8.42 Å². The monoisotopic (exact) mass is 381 g/mol. The van der Waals surface area contributed by atoms with Crippen LogP contribution in [0.15, 0.2) is 14.1 Å². The molecule has 2 rings (SSSR count). The molecule has 1 N–H and O–H groups in total. The van der Waals surface area contributed by atoms with Gasteiger partial charge in [-0.05, 0) is 53.2 Å². The summed E-state index contributed by atoms with van der Waals surface area (Å²) in [6.07, 6.45) is 1.05. The molecule has 2 unspecified atom stereocenters. The second-order valence-corrected chi connectivity index (χ2v) is 9.61. The van der Waals surface area contributed by atoms with Crippen molar-refractivity contribution >= 4 is 43.3 Å². The third kappa shape index (κ3) is 2.93. The fourth-order valence-electron chi connectivity index (χ4n) is 2.31. The lowest BCUT2D eigenvalue weighted by atomic mass is 9.94. The summed E-state index contributed by atoms with van der Waals surface area (Å²) >= 11 is 4.43. The molecule has 1 saturated heterocycles. The Morgan fingerprint density at radius 3 is 2.70 bits per heavy atom. The molecule has 0 spiro atoms. The summed E-state index contributed by atoms with van der Waals surface area (Å²) in [5.41, 5.74) is 0.839. The minimum absolute atomic E-state index is 0.197. The molecule has 1 aromatic heterocycles. The molecule has 112 valence electrons. The van der Waals surface area contributed by atoms with E-state index in [0.29, 0.717) is 12.8 Å². The smallest absolute Gasteiger partial charge is 0.322 e. The molecule has 1 aliphatic rings. The Kier molecular flexibility index (Phi) is 4.58. The molecule has 20 heavy (non-hydrogen) atoms. The van der Waals surface area contributed by atoms with Crippen molar-refractivity contribution in [1.29, 1.82) is 0 Å². The molecule has 0 aromatic carbocycles. The Morgan fingerprint density at radius 2 is 2.20 bits per heavy atom. The van der Waals surface area contributed by atoms with Crippen LogP contribution in [0.3, 0.4) is 0 Å². The number of carbonyl (C=O) groups is 1. The highest BCUT2D eigenvalue weighted by Gasteiger charge is 2.40. The summed E-state index contributed by atoms with van der Waals surface area (Å²) in [7, 11) is -3.74. The summed E-state index contributed by atoms with van der Waals surface area (Å²) in [4.78, 5) is 11.3. The molecular formula is C12H16BrNO4S2. The second kappa shape index (κ2) is 5.75. The van der Waals surface area contributed by atoms with E-state index in [9.17, 15) is 18.3 Å². The highest BCUT2D eigenvalue weighted by Crippen LogP contribution is 2.35. The number of thiophene rings is 1. The van der Waals surface area contributed by atoms with E-state index in [1.54, 1.807) is 6.07 Å². The van der Waals surface area contributed by atoms with Crippen LogP contribution in [0.25, 0.3) is 0 Å². The Morgan fingerprint density at radius 1 is 1.55 bits per heavy atom. The van der Waals surface area contributed by atoms with Crippen LogP contribution in [0.2, 0.25) is 0 Å². The lowest BCUT2D eigenvalue weighted by Crippen LogP contribution is -2.49. The third-order valence-electron chi connectivity index (χ3n) is 3.50. The minimum Gasteiger partial charge on any atom is -0.480 e. The van der Waals surface area contributed by atoms with Crippen molar-refractivity contribution in [3.63, 3.8) is 0 Å². The SMILES string of the molecule is Cc1cc(S(=O)(=O)N2CCC(C)CC2C(=O)O)sc1Br. The van der Waals surface area contributed by atoms with Gasteiger partial charge in [-0.1, -0.05) is 6.92 Å². The molecule has 1 aromatic rings. The van der Waals surface area contributed by atoms with Crippen LogP contribution in [0.5, 0.6) is 0 Å². The molecule has 5 nitrogen and oxygen atoms in total. The highest BCUT2D eigenvalue weighted by molar-refractivity contribution is 9.11. The second-order valence-electron chi connectivity index (χ2n) is 5.12.